The predicted molar refractivity (Wildman–Crippen MR) is 120 cm³/mol. The number of carboxylic acids is 1. The number of halogens is 1. The molecule has 150 valence electrons. The third-order valence-corrected chi connectivity index (χ3v) is 5.87. The van der Waals surface area contributed by atoms with E-state index in [0.717, 1.165) is 32.9 Å². The van der Waals surface area contributed by atoms with Gasteiger partial charge in [0.05, 0.1) is 0 Å². The maximum Gasteiger partial charge on any atom is 1.00 e. The van der Waals surface area contributed by atoms with Gasteiger partial charge in [0.15, 0.2) is 0 Å². The Bertz CT molecular complexity index is 1170. The van der Waals surface area contributed by atoms with E-state index in [2.05, 4.69) is 0 Å². The molecule has 0 aliphatic carbocycles. The van der Waals surface area contributed by atoms with E-state index >= 15 is 0 Å². The monoisotopic (exact) mass is 456 g/mol. The zero-order chi connectivity index (χ0) is 20.9. The van der Waals surface area contributed by atoms with Gasteiger partial charge in [0.1, 0.15) is 12.4 Å². The molecule has 0 aliphatic heterocycles. The number of hydrogen-bond donors (Lipinski definition) is 0. The van der Waals surface area contributed by atoms with Crippen LogP contribution >= 0.6 is 22.9 Å². The summed E-state index contributed by atoms with van der Waals surface area (Å²) in [6, 6.07) is 25.1. The molecular weight excluding hydrogens is 439 g/mol. The maximum absolute atomic E-state index is 11.0. The average Bonchev–Trinajstić information content (AvgIpc) is 3.23. The molecule has 0 fully saturated rings. The van der Waals surface area contributed by atoms with Gasteiger partial charge in [-0.2, -0.15) is 0 Å². The van der Waals surface area contributed by atoms with Crippen LogP contribution in [-0.2, 0) is 17.8 Å². The summed E-state index contributed by atoms with van der Waals surface area (Å²) in [6.07, 6.45) is -0.114. The molecule has 0 unspecified atom stereocenters. The molecule has 0 atom stereocenters. The number of thiophene rings is 1. The molecule has 0 bridgehead atoms. The average molecular weight is 457 g/mol. The van der Waals surface area contributed by atoms with Gasteiger partial charge >= 0.3 is 29.6 Å². The van der Waals surface area contributed by atoms with Crippen molar-refractivity contribution in [3.63, 3.8) is 0 Å². The molecule has 0 spiro atoms. The summed E-state index contributed by atoms with van der Waals surface area (Å²) in [5.74, 6) is -0.348. The van der Waals surface area contributed by atoms with Gasteiger partial charge in [-0.1, -0.05) is 60.1 Å². The van der Waals surface area contributed by atoms with Gasteiger partial charge in [-0.05, 0) is 52.4 Å². The molecule has 6 heteroatoms. The summed E-state index contributed by atoms with van der Waals surface area (Å²) >= 11 is 7.90. The van der Waals surface area contributed by atoms with Crippen LogP contribution in [0.5, 0.6) is 5.75 Å². The molecule has 0 saturated carbocycles. The summed E-state index contributed by atoms with van der Waals surface area (Å²) in [5, 5.41) is 13.6. The van der Waals surface area contributed by atoms with Crippen molar-refractivity contribution < 1.29 is 44.2 Å². The summed E-state index contributed by atoms with van der Waals surface area (Å²) in [4.78, 5) is 12.0. The SMILES string of the molecule is O=C([O-])Cc1cccc(-c2sccc2-c2cc(Cl)ccc2OCc2ccccc2)c1.[Na+]. The number of hydrogen-bond acceptors (Lipinski definition) is 4. The number of aliphatic carboxylic acids is 1. The van der Waals surface area contributed by atoms with Crippen molar-refractivity contribution in [3.05, 3.63) is 100 Å². The van der Waals surface area contributed by atoms with E-state index in [0.29, 0.717) is 17.2 Å². The topological polar surface area (TPSA) is 49.4 Å². The second kappa shape index (κ2) is 11.0. The van der Waals surface area contributed by atoms with Gasteiger partial charge in [-0.15, -0.1) is 11.3 Å². The quantitative estimate of drug-likeness (QED) is 0.402. The standard InChI is InChI=1S/C25H19ClO3S.Na/c26-20-9-10-23(29-16-17-5-2-1-3-6-17)22(15-20)21-11-12-30-25(21)19-8-4-7-18(13-19)14-24(27)28;/h1-13,15H,14,16H2,(H,27,28);/q;+1/p-1. The van der Waals surface area contributed by atoms with E-state index in [-0.39, 0.29) is 36.0 Å². The smallest absolute Gasteiger partial charge is 0.550 e. The van der Waals surface area contributed by atoms with Crippen molar-refractivity contribution in [2.75, 3.05) is 0 Å². The molecule has 1 heterocycles. The molecule has 4 aromatic rings. The van der Waals surface area contributed by atoms with Crippen molar-refractivity contribution in [1.29, 1.82) is 0 Å². The molecule has 3 aromatic carbocycles. The normalized spacial score (nSPS) is 10.4. The van der Waals surface area contributed by atoms with Gasteiger partial charge in [0, 0.05) is 33.4 Å². The first kappa shape index (κ1) is 23.6. The third kappa shape index (κ3) is 6.00. The second-order valence-electron chi connectivity index (χ2n) is 6.83. The Kier molecular flexibility index (Phi) is 8.35. The fraction of sp³-hybridized carbons (Fsp3) is 0.0800. The zero-order valence-corrected chi connectivity index (χ0v) is 20.6. The summed E-state index contributed by atoms with van der Waals surface area (Å²) in [7, 11) is 0. The Morgan fingerprint density at radius 1 is 0.903 bits per heavy atom. The van der Waals surface area contributed by atoms with Gasteiger partial charge in [-0.3, -0.25) is 0 Å². The fourth-order valence-electron chi connectivity index (χ4n) is 3.31. The van der Waals surface area contributed by atoms with Gasteiger partial charge in [-0.25, -0.2) is 0 Å². The van der Waals surface area contributed by atoms with Crippen molar-refractivity contribution in [2.24, 2.45) is 0 Å². The Hall–Kier alpha value is -2.08. The van der Waals surface area contributed by atoms with Crippen LogP contribution in [0.4, 0.5) is 0 Å². The van der Waals surface area contributed by atoms with E-state index in [1.807, 2.05) is 78.2 Å². The van der Waals surface area contributed by atoms with Crippen LogP contribution in [0, 0.1) is 0 Å². The first-order valence-corrected chi connectivity index (χ1v) is 10.7. The third-order valence-electron chi connectivity index (χ3n) is 4.67. The minimum absolute atomic E-state index is 0. The molecule has 1 aromatic heterocycles. The Balaban J connectivity index is 0.00000272. The number of benzene rings is 3. The molecular formula is C25H18ClNaO3S. The first-order chi connectivity index (χ1) is 14.6. The van der Waals surface area contributed by atoms with Crippen LogP contribution < -0.4 is 39.4 Å². The second-order valence-corrected chi connectivity index (χ2v) is 8.18. The molecule has 4 rings (SSSR count). The van der Waals surface area contributed by atoms with E-state index in [4.69, 9.17) is 16.3 Å². The predicted octanol–water partition coefficient (Wildman–Crippen LogP) is 2.61. The van der Waals surface area contributed by atoms with Crippen LogP contribution in [0.3, 0.4) is 0 Å². The van der Waals surface area contributed by atoms with Crippen molar-refractivity contribution in [2.45, 2.75) is 13.0 Å². The van der Waals surface area contributed by atoms with Crippen molar-refractivity contribution >= 4 is 28.9 Å². The Labute approximate surface area is 212 Å². The molecule has 0 aliphatic rings. The largest absolute Gasteiger partial charge is 1.00 e. The minimum atomic E-state index is -1.09. The van der Waals surface area contributed by atoms with E-state index in [1.54, 1.807) is 17.4 Å². The number of carboxylic acid groups (broad SMARTS) is 1. The van der Waals surface area contributed by atoms with Crippen LogP contribution in [0.2, 0.25) is 5.02 Å². The van der Waals surface area contributed by atoms with Crippen LogP contribution in [-0.4, -0.2) is 5.97 Å². The fourth-order valence-corrected chi connectivity index (χ4v) is 4.39. The maximum atomic E-state index is 11.0. The number of carbonyl (C=O) groups excluding carboxylic acids is 1. The van der Waals surface area contributed by atoms with E-state index in [9.17, 15) is 9.90 Å². The van der Waals surface area contributed by atoms with Gasteiger partial charge in [0.25, 0.3) is 0 Å². The van der Waals surface area contributed by atoms with Crippen LogP contribution in [0.1, 0.15) is 11.1 Å². The molecule has 0 amide bonds. The molecule has 31 heavy (non-hydrogen) atoms. The zero-order valence-electron chi connectivity index (χ0n) is 17.0. The Morgan fingerprint density at radius 2 is 1.68 bits per heavy atom. The van der Waals surface area contributed by atoms with E-state index < -0.39 is 5.97 Å². The van der Waals surface area contributed by atoms with Crippen molar-refractivity contribution in [3.8, 4) is 27.3 Å². The van der Waals surface area contributed by atoms with Gasteiger partial charge < -0.3 is 14.6 Å². The van der Waals surface area contributed by atoms with Crippen molar-refractivity contribution in [1.82, 2.24) is 0 Å². The minimum Gasteiger partial charge on any atom is -0.550 e. The van der Waals surface area contributed by atoms with E-state index in [1.165, 1.54) is 0 Å². The molecule has 0 N–H and O–H groups in total. The number of carbonyl (C=O) groups is 1. The molecule has 0 saturated heterocycles. The van der Waals surface area contributed by atoms with Crippen LogP contribution in [0.15, 0.2) is 84.2 Å². The Morgan fingerprint density at radius 3 is 2.45 bits per heavy atom. The molecule has 0 radical (unpaired) electrons. The number of rotatable bonds is 7. The summed E-state index contributed by atoms with van der Waals surface area (Å²) < 4.78 is 6.13. The first-order valence-electron chi connectivity index (χ1n) is 9.43. The summed E-state index contributed by atoms with van der Waals surface area (Å²) in [5.41, 5.74) is 4.64. The molecule has 3 nitrogen and oxygen atoms in total. The number of ether oxygens (including phenoxy) is 1. The van der Waals surface area contributed by atoms with Gasteiger partial charge in [0.2, 0.25) is 0 Å². The summed E-state index contributed by atoms with van der Waals surface area (Å²) in [6.45, 7) is 0.454. The van der Waals surface area contributed by atoms with Crippen LogP contribution in [0.25, 0.3) is 21.6 Å².